The van der Waals surface area contributed by atoms with Crippen molar-refractivity contribution in [3.05, 3.63) is 83.8 Å². The van der Waals surface area contributed by atoms with Crippen LogP contribution in [0.5, 0.6) is 0 Å². The van der Waals surface area contributed by atoms with Gasteiger partial charge in [0.2, 0.25) is 0 Å². The maximum Gasteiger partial charge on any atom is 0.255 e. The molecule has 0 spiro atoms. The summed E-state index contributed by atoms with van der Waals surface area (Å²) >= 11 is 0. The molecule has 2 aromatic heterocycles. The molecule has 1 aliphatic heterocycles. The minimum Gasteiger partial charge on any atom is -0.339 e. The molecule has 0 bridgehead atoms. The summed E-state index contributed by atoms with van der Waals surface area (Å²) in [6.45, 7) is 0.555. The van der Waals surface area contributed by atoms with E-state index < -0.39 is 5.34 Å². The van der Waals surface area contributed by atoms with Crippen LogP contribution in [0.3, 0.4) is 0 Å². The number of pyridine rings is 1. The predicted octanol–water partition coefficient (Wildman–Crippen LogP) is 1.67. The van der Waals surface area contributed by atoms with Crippen molar-refractivity contribution in [2.24, 2.45) is 7.05 Å². The summed E-state index contributed by atoms with van der Waals surface area (Å²) in [6, 6.07) is 18.3. The number of benzene rings is 2. The smallest absolute Gasteiger partial charge is 0.255 e. The van der Waals surface area contributed by atoms with Gasteiger partial charge in [-0.2, -0.15) is 5.10 Å². The lowest BCUT2D eigenvalue weighted by molar-refractivity contribution is 0.0731. The largest absolute Gasteiger partial charge is 0.339 e. The van der Waals surface area contributed by atoms with Gasteiger partial charge in [0, 0.05) is 36.7 Å². The summed E-state index contributed by atoms with van der Waals surface area (Å²) in [7, 11) is 6.05. The molecule has 5 rings (SSSR count). The van der Waals surface area contributed by atoms with Gasteiger partial charge in [0.25, 0.3) is 5.91 Å². The molecule has 0 atom stereocenters. The maximum absolute atomic E-state index is 12.9. The van der Waals surface area contributed by atoms with E-state index in [9.17, 15) is 4.79 Å². The Labute approximate surface area is 171 Å². The van der Waals surface area contributed by atoms with Crippen molar-refractivity contribution < 1.29 is 4.79 Å². The van der Waals surface area contributed by atoms with Gasteiger partial charge in [-0.25, -0.2) is 0 Å². The third-order valence-electron chi connectivity index (χ3n) is 5.81. The number of hydrogen-bond donors (Lipinski definition) is 0. The summed E-state index contributed by atoms with van der Waals surface area (Å²) in [6.07, 6.45) is 3.80. The van der Waals surface area contributed by atoms with Crippen molar-refractivity contribution in [2.75, 3.05) is 0 Å². The van der Waals surface area contributed by atoms with Gasteiger partial charge in [0.15, 0.2) is 0 Å². The zero-order chi connectivity index (χ0) is 20.2. The molecule has 5 nitrogen and oxygen atoms in total. The van der Waals surface area contributed by atoms with Crippen LogP contribution in [-0.4, -0.2) is 41.3 Å². The second kappa shape index (κ2) is 6.34. The normalized spacial score (nSPS) is 15.1. The van der Waals surface area contributed by atoms with Crippen molar-refractivity contribution in [3.63, 3.8) is 0 Å². The number of nitrogens with zero attached hydrogens (tertiary/aromatic N) is 4. The highest BCUT2D eigenvalue weighted by atomic mass is 16.2. The van der Waals surface area contributed by atoms with Gasteiger partial charge in [0.05, 0.1) is 16.8 Å². The van der Waals surface area contributed by atoms with E-state index in [0.717, 1.165) is 33.3 Å². The Morgan fingerprint density at radius 1 is 1.00 bits per heavy atom. The Morgan fingerprint density at radius 2 is 1.76 bits per heavy atom. The Balaban J connectivity index is 1.45. The number of amides is 1. The molecule has 2 aromatic carbocycles. The number of carbonyl (C=O) groups excluding carboxylic acids is 1. The van der Waals surface area contributed by atoms with Crippen LogP contribution in [0.15, 0.2) is 67.0 Å². The number of hydrogen-bond acceptors (Lipinski definition) is 3. The highest BCUT2D eigenvalue weighted by Gasteiger charge is 2.43. The lowest BCUT2D eigenvalue weighted by Gasteiger charge is -2.32. The molecule has 0 unspecified atom stereocenters. The van der Waals surface area contributed by atoms with Crippen LogP contribution in [0.4, 0.5) is 0 Å². The van der Waals surface area contributed by atoms with Crippen LogP contribution in [0.2, 0.25) is 0 Å². The number of aromatic nitrogens is 3. The SMILES string of the molecule is BC1(B)c2ncccc2C(=O)N1Cc1ccc(-c2cccc3nn(C)cc23)cc1. The maximum atomic E-state index is 12.9. The van der Waals surface area contributed by atoms with Crippen molar-refractivity contribution in [2.45, 2.75) is 11.9 Å². The van der Waals surface area contributed by atoms with Gasteiger partial charge in [-0.05, 0) is 34.9 Å². The fraction of sp³-hybridized carbons (Fsp3) is 0.136. The molecule has 0 fully saturated rings. The summed E-state index contributed by atoms with van der Waals surface area (Å²) in [5.41, 5.74) is 5.95. The van der Waals surface area contributed by atoms with E-state index in [4.69, 9.17) is 0 Å². The first-order chi connectivity index (χ1) is 13.9. The van der Waals surface area contributed by atoms with Gasteiger partial charge in [0.1, 0.15) is 15.7 Å². The molecule has 4 aromatic rings. The lowest BCUT2D eigenvalue weighted by atomic mass is 9.59. The number of aryl methyl sites for hydroxylation is 1. The topological polar surface area (TPSA) is 51.0 Å². The van der Waals surface area contributed by atoms with E-state index in [1.165, 1.54) is 0 Å². The molecule has 0 N–H and O–H groups in total. The average molecular weight is 378 g/mol. The number of rotatable bonds is 3. The van der Waals surface area contributed by atoms with E-state index in [2.05, 4.69) is 56.1 Å². The van der Waals surface area contributed by atoms with Crippen molar-refractivity contribution >= 4 is 32.5 Å². The molecular weight excluding hydrogens is 358 g/mol. The van der Waals surface area contributed by atoms with E-state index >= 15 is 0 Å². The molecule has 1 amide bonds. The summed E-state index contributed by atoms with van der Waals surface area (Å²) in [5, 5.41) is 5.21. The summed E-state index contributed by atoms with van der Waals surface area (Å²) in [4.78, 5) is 19.3. The van der Waals surface area contributed by atoms with Crippen molar-refractivity contribution in [1.29, 1.82) is 0 Å². The molecule has 0 saturated carbocycles. The Bertz CT molecular complexity index is 1250. The Morgan fingerprint density at radius 3 is 2.52 bits per heavy atom. The van der Waals surface area contributed by atoms with Crippen LogP contribution in [0.25, 0.3) is 22.0 Å². The van der Waals surface area contributed by atoms with Crippen LogP contribution >= 0.6 is 0 Å². The Kier molecular flexibility index (Phi) is 3.88. The molecule has 1 aliphatic rings. The predicted molar refractivity (Wildman–Crippen MR) is 119 cm³/mol. The lowest BCUT2D eigenvalue weighted by Crippen LogP contribution is -2.44. The molecular formula is C22H20B2N4O. The van der Waals surface area contributed by atoms with Gasteiger partial charge in [-0.1, -0.05) is 36.4 Å². The second-order valence-electron chi connectivity index (χ2n) is 8.09. The van der Waals surface area contributed by atoms with Gasteiger partial charge in [-0.15, -0.1) is 0 Å². The highest BCUT2D eigenvalue weighted by Crippen LogP contribution is 2.34. The first-order valence-electron chi connectivity index (χ1n) is 9.74. The highest BCUT2D eigenvalue weighted by molar-refractivity contribution is 6.42. The van der Waals surface area contributed by atoms with Crippen molar-refractivity contribution in [3.8, 4) is 11.1 Å². The standard InChI is InChI=1S/C22H20B2N4O/c1-27-13-18-16(4-2-6-19(18)26-27)15-9-7-14(8-10-15)12-28-21(29)17-5-3-11-25-20(17)22(28,23)24/h2-11,13H,12,23-24H2,1H3. The third kappa shape index (κ3) is 2.77. The first kappa shape index (κ1) is 17.7. The first-order valence-corrected chi connectivity index (χ1v) is 9.74. The van der Waals surface area contributed by atoms with Gasteiger partial charge >= 0.3 is 0 Å². The molecule has 0 radical (unpaired) electrons. The number of fused-ring (bicyclic) bond motifs is 2. The fourth-order valence-electron chi connectivity index (χ4n) is 4.25. The van der Waals surface area contributed by atoms with E-state index in [1.54, 1.807) is 6.20 Å². The molecule has 140 valence electrons. The van der Waals surface area contributed by atoms with E-state index in [0.29, 0.717) is 12.1 Å². The molecule has 29 heavy (non-hydrogen) atoms. The van der Waals surface area contributed by atoms with Crippen molar-refractivity contribution in [1.82, 2.24) is 19.7 Å². The van der Waals surface area contributed by atoms with Crippen LogP contribution < -0.4 is 0 Å². The zero-order valence-corrected chi connectivity index (χ0v) is 16.8. The zero-order valence-electron chi connectivity index (χ0n) is 16.8. The van der Waals surface area contributed by atoms with Gasteiger partial charge < -0.3 is 4.90 Å². The van der Waals surface area contributed by atoms with E-state index in [-0.39, 0.29) is 5.91 Å². The molecule has 3 heterocycles. The minimum absolute atomic E-state index is 0.0438. The Hall–Kier alpha value is -3.34. The van der Waals surface area contributed by atoms with Crippen LogP contribution in [-0.2, 0) is 18.9 Å². The quantitative estimate of drug-likeness (QED) is 0.510. The average Bonchev–Trinajstić information content (AvgIpc) is 3.19. The monoisotopic (exact) mass is 378 g/mol. The molecule has 0 aliphatic carbocycles. The fourth-order valence-corrected chi connectivity index (χ4v) is 4.25. The summed E-state index contributed by atoms with van der Waals surface area (Å²) in [5.74, 6) is 0.0438. The third-order valence-corrected chi connectivity index (χ3v) is 5.81. The number of carbonyl (C=O) groups is 1. The van der Waals surface area contributed by atoms with Crippen LogP contribution in [0, 0.1) is 0 Å². The van der Waals surface area contributed by atoms with E-state index in [1.807, 2.05) is 47.1 Å². The van der Waals surface area contributed by atoms with Gasteiger partial charge in [-0.3, -0.25) is 14.5 Å². The molecule has 7 heteroatoms. The van der Waals surface area contributed by atoms with Crippen LogP contribution in [0.1, 0.15) is 21.6 Å². The molecule has 0 saturated heterocycles. The summed E-state index contributed by atoms with van der Waals surface area (Å²) < 4.78 is 1.84. The minimum atomic E-state index is -0.423. The second-order valence-corrected chi connectivity index (χ2v) is 8.09.